The van der Waals surface area contributed by atoms with E-state index >= 15 is 0 Å². The number of aryl methyl sites for hydroxylation is 1. The van der Waals surface area contributed by atoms with Gasteiger partial charge in [0.1, 0.15) is 5.69 Å². The van der Waals surface area contributed by atoms with Gasteiger partial charge in [-0.1, -0.05) is 23.7 Å². The molecule has 0 radical (unpaired) electrons. The van der Waals surface area contributed by atoms with Gasteiger partial charge >= 0.3 is 0 Å². The van der Waals surface area contributed by atoms with E-state index in [0.29, 0.717) is 17.3 Å². The Kier molecular flexibility index (Phi) is 3.06. The summed E-state index contributed by atoms with van der Waals surface area (Å²) in [6, 6.07) is 5.78. The van der Waals surface area contributed by atoms with Gasteiger partial charge in [0.05, 0.1) is 16.2 Å². The molecule has 0 saturated carbocycles. The number of hydrogen-bond donors (Lipinski definition) is 0. The number of amides is 1. The molecule has 1 aliphatic rings. The van der Waals surface area contributed by atoms with Crippen LogP contribution in [0.2, 0.25) is 5.02 Å². The Morgan fingerprint density at radius 3 is 3.11 bits per heavy atom. The number of aromatic nitrogens is 1. The van der Waals surface area contributed by atoms with Gasteiger partial charge in [0.2, 0.25) is 0 Å². The van der Waals surface area contributed by atoms with Gasteiger partial charge in [0.15, 0.2) is 0 Å². The largest absolute Gasteiger partial charge is 0.305 e. The zero-order valence-electron chi connectivity index (χ0n) is 9.60. The third kappa shape index (κ3) is 1.91. The molecule has 0 atom stereocenters. The molecule has 0 bridgehead atoms. The molecule has 1 aromatic carbocycles. The summed E-state index contributed by atoms with van der Waals surface area (Å²) in [6.45, 7) is 0.701. The molecular weight excluding hydrogens is 268 g/mol. The van der Waals surface area contributed by atoms with Crippen molar-refractivity contribution in [3.8, 4) is 0 Å². The minimum absolute atomic E-state index is 0.0645. The Morgan fingerprint density at radius 2 is 2.33 bits per heavy atom. The average molecular weight is 279 g/mol. The van der Waals surface area contributed by atoms with Gasteiger partial charge in [-0.3, -0.25) is 4.79 Å². The standard InChI is InChI=1S/C13H11ClN2OS/c14-10-5-1-3-9-4-2-6-16(12(9)10)13(17)11-7-18-8-15-11/h1,3,5,7-8H,2,4,6H2. The van der Waals surface area contributed by atoms with Crippen molar-refractivity contribution in [1.29, 1.82) is 0 Å². The first-order valence-corrected chi connectivity index (χ1v) is 7.07. The van der Waals surface area contributed by atoms with Gasteiger partial charge in [0.25, 0.3) is 5.91 Å². The first-order chi connectivity index (χ1) is 8.77. The zero-order chi connectivity index (χ0) is 12.5. The molecule has 3 rings (SSSR count). The number of anilines is 1. The minimum atomic E-state index is -0.0645. The fourth-order valence-electron chi connectivity index (χ4n) is 2.26. The van der Waals surface area contributed by atoms with Gasteiger partial charge in [-0.2, -0.15) is 0 Å². The van der Waals surface area contributed by atoms with Gasteiger partial charge in [-0.05, 0) is 24.5 Å². The molecule has 3 nitrogen and oxygen atoms in total. The Labute approximate surface area is 114 Å². The Balaban J connectivity index is 2.04. The van der Waals surface area contributed by atoms with Crippen molar-refractivity contribution in [1.82, 2.24) is 4.98 Å². The molecule has 0 unspecified atom stereocenters. The summed E-state index contributed by atoms with van der Waals surface area (Å²) in [4.78, 5) is 18.2. The molecule has 18 heavy (non-hydrogen) atoms. The van der Waals surface area contributed by atoms with Crippen LogP contribution in [0.1, 0.15) is 22.5 Å². The number of hydrogen-bond acceptors (Lipinski definition) is 3. The highest BCUT2D eigenvalue weighted by atomic mass is 35.5. The van der Waals surface area contributed by atoms with Crippen LogP contribution in [0.5, 0.6) is 0 Å². The smallest absolute Gasteiger partial charge is 0.277 e. The molecule has 1 aliphatic heterocycles. The lowest BCUT2D eigenvalue weighted by Gasteiger charge is -2.29. The summed E-state index contributed by atoms with van der Waals surface area (Å²) >= 11 is 7.66. The van der Waals surface area contributed by atoms with E-state index in [1.807, 2.05) is 18.2 Å². The van der Waals surface area contributed by atoms with E-state index in [0.717, 1.165) is 24.1 Å². The summed E-state index contributed by atoms with van der Waals surface area (Å²) in [5, 5.41) is 2.41. The van der Waals surface area contributed by atoms with Crippen molar-refractivity contribution in [2.24, 2.45) is 0 Å². The predicted octanol–water partition coefficient (Wildman–Crippen LogP) is 3.39. The molecule has 0 saturated heterocycles. The van der Waals surface area contributed by atoms with Crippen LogP contribution >= 0.6 is 22.9 Å². The highest BCUT2D eigenvalue weighted by Crippen LogP contribution is 2.34. The summed E-state index contributed by atoms with van der Waals surface area (Å²) < 4.78 is 0. The van der Waals surface area contributed by atoms with E-state index in [9.17, 15) is 4.79 Å². The van der Waals surface area contributed by atoms with E-state index in [4.69, 9.17) is 11.6 Å². The molecule has 1 amide bonds. The van der Waals surface area contributed by atoms with Crippen molar-refractivity contribution < 1.29 is 4.79 Å². The molecule has 2 aromatic rings. The van der Waals surface area contributed by atoms with Crippen molar-refractivity contribution in [3.05, 3.63) is 45.4 Å². The lowest BCUT2D eigenvalue weighted by Crippen LogP contribution is -2.35. The number of carbonyl (C=O) groups excluding carboxylic acids is 1. The SMILES string of the molecule is O=C(c1cscn1)N1CCCc2cccc(Cl)c21. The van der Waals surface area contributed by atoms with Crippen molar-refractivity contribution in [2.45, 2.75) is 12.8 Å². The fraction of sp³-hybridized carbons (Fsp3) is 0.231. The molecule has 5 heteroatoms. The quantitative estimate of drug-likeness (QED) is 0.801. The zero-order valence-corrected chi connectivity index (χ0v) is 11.2. The van der Waals surface area contributed by atoms with Crippen molar-refractivity contribution >= 4 is 34.5 Å². The molecule has 2 heterocycles. The van der Waals surface area contributed by atoms with E-state index in [1.165, 1.54) is 11.3 Å². The van der Waals surface area contributed by atoms with E-state index < -0.39 is 0 Å². The van der Waals surface area contributed by atoms with Crippen LogP contribution in [0.25, 0.3) is 0 Å². The second-order valence-corrected chi connectivity index (χ2v) is 5.31. The normalized spacial score (nSPS) is 14.4. The maximum absolute atomic E-state index is 12.4. The van der Waals surface area contributed by atoms with Gasteiger partial charge in [-0.25, -0.2) is 4.98 Å². The Bertz CT molecular complexity index is 583. The molecule has 0 N–H and O–H groups in total. The van der Waals surface area contributed by atoms with E-state index in [1.54, 1.807) is 15.8 Å². The number of fused-ring (bicyclic) bond motifs is 1. The molecule has 1 aromatic heterocycles. The van der Waals surface area contributed by atoms with Gasteiger partial charge in [-0.15, -0.1) is 11.3 Å². The van der Waals surface area contributed by atoms with Crippen molar-refractivity contribution in [2.75, 3.05) is 11.4 Å². The van der Waals surface area contributed by atoms with E-state index in [-0.39, 0.29) is 5.91 Å². The lowest BCUT2D eigenvalue weighted by molar-refractivity contribution is 0.0981. The second kappa shape index (κ2) is 4.71. The maximum atomic E-state index is 12.4. The Morgan fingerprint density at radius 1 is 1.44 bits per heavy atom. The third-order valence-corrected chi connectivity index (χ3v) is 3.96. The molecule has 0 fully saturated rings. The van der Waals surface area contributed by atoms with Crippen LogP contribution in [-0.2, 0) is 6.42 Å². The number of benzene rings is 1. The van der Waals surface area contributed by atoms with E-state index in [2.05, 4.69) is 4.98 Å². The molecule has 0 aliphatic carbocycles. The minimum Gasteiger partial charge on any atom is -0.305 e. The first-order valence-electron chi connectivity index (χ1n) is 5.75. The third-order valence-electron chi connectivity index (χ3n) is 3.06. The second-order valence-electron chi connectivity index (χ2n) is 4.18. The number of rotatable bonds is 1. The number of carbonyl (C=O) groups is 1. The van der Waals surface area contributed by atoms with Crippen molar-refractivity contribution in [3.63, 3.8) is 0 Å². The summed E-state index contributed by atoms with van der Waals surface area (Å²) in [5.74, 6) is -0.0645. The highest BCUT2D eigenvalue weighted by molar-refractivity contribution is 7.07. The van der Waals surface area contributed by atoms with Gasteiger partial charge in [0, 0.05) is 11.9 Å². The van der Waals surface area contributed by atoms with Crippen LogP contribution in [-0.4, -0.2) is 17.4 Å². The average Bonchev–Trinajstić information content (AvgIpc) is 2.91. The van der Waals surface area contributed by atoms with Gasteiger partial charge < -0.3 is 4.90 Å². The summed E-state index contributed by atoms with van der Waals surface area (Å²) in [5.41, 5.74) is 4.15. The number of nitrogens with zero attached hydrogens (tertiary/aromatic N) is 2. The summed E-state index contributed by atoms with van der Waals surface area (Å²) in [7, 11) is 0. The summed E-state index contributed by atoms with van der Waals surface area (Å²) in [6.07, 6.45) is 1.93. The molecule has 92 valence electrons. The fourth-order valence-corrected chi connectivity index (χ4v) is 3.08. The topological polar surface area (TPSA) is 33.2 Å². The Hall–Kier alpha value is -1.39. The number of para-hydroxylation sites is 1. The van der Waals surface area contributed by atoms with Crippen LogP contribution in [0, 0.1) is 0 Å². The van der Waals surface area contributed by atoms with Crippen LogP contribution < -0.4 is 4.90 Å². The number of halogens is 1. The number of thiazole rings is 1. The molecule has 0 spiro atoms. The first kappa shape index (κ1) is 11.7. The monoisotopic (exact) mass is 278 g/mol. The molecular formula is C13H11ClN2OS. The maximum Gasteiger partial charge on any atom is 0.277 e. The lowest BCUT2D eigenvalue weighted by atomic mass is 10.0. The van der Waals surface area contributed by atoms with Crippen LogP contribution in [0.3, 0.4) is 0 Å². The van der Waals surface area contributed by atoms with Crippen LogP contribution in [0.4, 0.5) is 5.69 Å². The highest BCUT2D eigenvalue weighted by Gasteiger charge is 2.26. The predicted molar refractivity (Wildman–Crippen MR) is 73.6 cm³/mol. The van der Waals surface area contributed by atoms with Crippen LogP contribution in [0.15, 0.2) is 29.1 Å².